The molecule has 3 aromatic carbocycles. The number of ketones is 1. The van der Waals surface area contributed by atoms with E-state index in [0.29, 0.717) is 46.5 Å². The highest BCUT2D eigenvalue weighted by atomic mass is 16.5. The van der Waals surface area contributed by atoms with Crippen LogP contribution in [0, 0.1) is 6.92 Å². The molecule has 1 aliphatic rings. The highest BCUT2D eigenvalue weighted by Gasteiger charge is 2.30. The normalized spacial score (nSPS) is 13.3. The second-order valence-corrected chi connectivity index (χ2v) is 7.62. The summed E-state index contributed by atoms with van der Waals surface area (Å²) in [5.41, 5.74) is 2.88. The molecule has 0 saturated carbocycles. The van der Waals surface area contributed by atoms with Crippen molar-refractivity contribution in [1.29, 1.82) is 0 Å². The van der Waals surface area contributed by atoms with E-state index in [1.807, 2.05) is 37.3 Å². The molecule has 0 fully saturated rings. The zero-order valence-corrected chi connectivity index (χ0v) is 19.8. The number of Topliss-reactive ketones (excluding diaryl/α,β-unsaturated/α-hetero) is 1. The van der Waals surface area contributed by atoms with E-state index in [1.165, 1.54) is 14.2 Å². The minimum atomic E-state index is -0.205. The second-order valence-electron chi connectivity index (χ2n) is 7.62. The topological polar surface area (TPSA) is 72.5 Å². The van der Waals surface area contributed by atoms with Gasteiger partial charge in [0.1, 0.15) is 23.9 Å². The van der Waals surface area contributed by atoms with Crippen molar-refractivity contribution in [2.75, 3.05) is 28.4 Å². The fraction of sp³-hybridized carbons (Fsp3) is 0.222. The van der Waals surface area contributed by atoms with Crippen molar-refractivity contribution in [2.45, 2.75) is 13.5 Å². The van der Waals surface area contributed by atoms with Crippen LogP contribution in [0.3, 0.4) is 0 Å². The molecule has 0 radical (unpaired) electrons. The van der Waals surface area contributed by atoms with Gasteiger partial charge in [-0.1, -0.05) is 12.1 Å². The van der Waals surface area contributed by atoms with E-state index in [0.717, 1.165) is 16.9 Å². The summed E-state index contributed by atoms with van der Waals surface area (Å²) < 4.78 is 33.5. The van der Waals surface area contributed by atoms with E-state index in [2.05, 4.69) is 0 Å². The molecule has 176 valence electrons. The number of methoxy groups -OCH3 is 4. The first-order valence-corrected chi connectivity index (χ1v) is 10.6. The van der Waals surface area contributed by atoms with Gasteiger partial charge in [0.2, 0.25) is 11.5 Å². The molecule has 7 heteroatoms. The van der Waals surface area contributed by atoms with Crippen LogP contribution in [0.25, 0.3) is 6.08 Å². The van der Waals surface area contributed by atoms with Gasteiger partial charge in [0, 0.05) is 11.6 Å². The number of fused-ring (bicyclic) bond motifs is 1. The summed E-state index contributed by atoms with van der Waals surface area (Å²) in [7, 11) is 6.23. The summed E-state index contributed by atoms with van der Waals surface area (Å²) in [6, 6.07) is 14.7. The van der Waals surface area contributed by atoms with E-state index in [9.17, 15) is 4.79 Å². The monoisotopic (exact) mass is 462 g/mol. The number of aryl methyl sites for hydroxylation is 1. The van der Waals surface area contributed by atoms with Crippen LogP contribution in [0.15, 0.2) is 54.3 Å². The molecule has 0 bridgehead atoms. The third-order valence-electron chi connectivity index (χ3n) is 5.50. The van der Waals surface area contributed by atoms with Crippen LogP contribution in [-0.4, -0.2) is 34.2 Å². The van der Waals surface area contributed by atoms with Crippen molar-refractivity contribution >= 4 is 11.9 Å². The second kappa shape index (κ2) is 9.79. The predicted molar refractivity (Wildman–Crippen MR) is 128 cm³/mol. The number of rotatable bonds is 8. The third-order valence-corrected chi connectivity index (χ3v) is 5.50. The van der Waals surface area contributed by atoms with Gasteiger partial charge in [0.25, 0.3) is 0 Å². The van der Waals surface area contributed by atoms with Gasteiger partial charge >= 0.3 is 0 Å². The highest BCUT2D eigenvalue weighted by Crippen LogP contribution is 2.42. The zero-order chi connectivity index (χ0) is 24.2. The van der Waals surface area contributed by atoms with Crippen molar-refractivity contribution in [3.63, 3.8) is 0 Å². The maximum atomic E-state index is 13.1. The summed E-state index contributed by atoms with van der Waals surface area (Å²) >= 11 is 0. The van der Waals surface area contributed by atoms with Crippen molar-refractivity contribution in [2.24, 2.45) is 0 Å². The molecule has 0 spiro atoms. The SMILES string of the molecule is COc1cccc(COc2cc(C)c3c(c2)O/C(=C\c2ccc(OC)c(OC)c2OC)C3=O)c1. The lowest BCUT2D eigenvalue weighted by Gasteiger charge is -2.14. The molecule has 4 rings (SSSR count). The van der Waals surface area contributed by atoms with Crippen LogP contribution >= 0.6 is 0 Å². The summed E-state index contributed by atoms with van der Waals surface area (Å²) in [4.78, 5) is 13.1. The molecule has 0 amide bonds. The Morgan fingerprint density at radius 1 is 0.853 bits per heavy atom. The zero-order valence-electron chi connectivity index (χ0n) is 19.8. The lowest BCUT2D eigenvalue weighted by atomic mass is 10.0. The first-order chi connectivity index (χ1) is 16.5. The van der Waals surface area contributed by atoms with E-state index < -0.39 is 0 Å². The molecule has 0 N–H and O–H groups in total. The van der Waals surface area contributed by atoms with Crippen LogP contribution in [0.4, 0.5) is 0 Å². The van der Waals surface area contributed by atoms with Crippen molar-refractivity contribution in [3.8, 4) is 34.5 Å². The van der Waals surface area contributed by atoms with Gasteiger partial charge in [-0.15, -0.1) is 0 Å². The van der Waals surface area contributed by atoms with Crippen LogP contribution in [-0.2, 0) is 6.61 Å². The summed E-state index contributed by atoms with van der Waals surface area (Å²) in [6.07, 6.45) is 1.64. The molecule has 7 nitrogen and oxygen atoms in total. The van der Waals surface area contributed by atoms with E-state index in [-0.39, 0.29) is 11.5 Å². The lowest BCUT2D eigenvalue weighted by Crippen LogP contribution is -2.01. The molecule has 0 unspecified atom stereocenters. The number of allylic oxidation sites excluding steroid dienone is 1. The number of hydrogen-bond acceptors (Lipinski definition) is 7. The average Bonchev–Trinajstić information content (AvgIpc) is 3.17. The van der Waals surface area contributed by atoms with Crippen LogP contribution < -0.4 is 28.4 Å². The maximum absolute atomic E-state index is 13.1. The Morgan fingerprint density at radius 2 is 1.65 bits per heavy atom. The first-order valence-electron chi connectivity index (χ1n) is 10.6. The number of hydrogen-bond donors (Lipinski definition) is 0. The first kappa shape index (κ1) is 23.0. The van der Waals surface area contributed by atoms with Gasteiger partial charge in [-0.25, -0.2) is 0 Å². The molecule has 1 aliphatic heterocycles. The summed E-state index contributed by atoms with van der Waals surface area (Å²) in [5.74, 6) is 3.22. The van der Waals surface area contributed by atoms with Gasteiger partial charge in [0.05, 0.1) is 34.0 Å². The summed E-state index contributed by atoms with van der Waals surface area (Å²) in [6.45, 7) is 2.22. The third kappa shape index (κ3) is 4.37. The largest absolute Gasteiger partial charge is 0.497 e. The highest BCUT2D eigenvalue weighted by molar-refractivity contribution is 6.15. The van der Waals surface area contributed by atoms with Gasteiger partial charge in [0.15, 0.2) is 17.3 Å². The number of carbonyl (C=O) groups is 1. The van der Waals surface area contributed by atoms with Crippen molar-refractivity contribution < 1.29 is 33.2 Å². The van der Waals surface area contributed by atoms with E-state index in [4.69, 9.17) is 28.4 Å². The van der Waals surface area contributed by atoms with Gasteiger partial charge in [-0.05, 0) is 54.5 Å². The van der Waals surface area contributed by atoms with Crippen molar-refractivity contribution in [3.05, 3.63) is 76.5 Å². The Labute approximate surface area is 198 Å². The Bertz CT molecular complexity index is 1260. The van der Waals surface area contributed by atoms with E-state index in [1.54, 1.807) is 38.5 Å². The fourth-order valence-electron chi connectivity index (χ4n) is 3.87. The average molecular weight is 462 g/mol. The molecular formula is C27H26O7. The smallest absolute Gasteiger partial charge is 0.232 e. The van der Waals surface area contributed by atoms with Crippen LogP contribution in [0.2, 0.25) is 0 Å². The lowest BCUT2D eigenvalue weighted by molar-refractivity contribution is 0.101. The predicted octanol–water partition coefficient (Wildman–Crippen LogP) is 5.22. The molecule has 1 heterocycles. The Balaban J connectivity index is 1.61. The van der Waals surface area contributed by atoms with Gasteiger partial charge in [-0.2, -0.15) is 0 Å². The molecular weight excluding hydrogens is 436 g/mol. The maximum Gasteiger partial charge on any atom is 0.232 e. The molecule has 0 saturated heterocycles. The van der Waals surface area contributed by atoms with Crippen LogP contribution in [0.1, 0.15) is 27.0 Å². The Hall–Kier alpha value is -4.13. The molecule has 0 atom stereocenters. The van der Waals surface area contributed by atoms with E-state index >= 15 is 0 Å². The summed E-state index contributed by atoms with van der Waals surface area (Å²) in [5, 5.41) is 0. The Morgan fingerprint density at radius 3 is 2.35 bits per heavy atom. The van der Waals surface area contributed by atoms with Gasteiger partial charge in [-0.3, -0.25) is 4.79 Å². The molecule has 3 aromatic rings. The minimum Gasteiger partial charge on any atom is -0.497 e. The number of benzene rings is 3. The standard InChI is InChI=1S/C27H26O7/c1-16-11-20(33-15-17-7-6-8-19(12-17)29-2)14-22-24(16)25(28)23(34-22)13-18-9-10-21(30-3)27(32-5)26(18)31-4/h6-14H,15H2,1-5H3/b23-13-. The van der Waals surface area contributed by atoms with Crippen molar-refractivity contribution in [1.82, 2.24) is 0 Å². The van der Waals surface area contributed by atoms with Gasteiger partial charge < -0.3 is 28.4 Å². The molecule has 0 aliphatic carbocycles. The fourth-order valence-corrected chi connectivity index (χ4v) is 3.87. The van der Waals surface area contributed by atoms with Crippen LogP contribution in [0.5, 0.6) is 34.5 Å². The quantitative estimate of drug-likeness (QED) is 0.425. The number of carbonyl (C=O) groups excluding carboxylic acids is 1. The minimum absolute atomic E-state index is 0.188. The molecule has 34 heavy (non-hydrogen) atoms. The molecule has 0 aromatic heterocycles. The number of ether oxygens (including phenoxy) is 6. The Kier molecular flexibility index (Phi) is 6.63.